The molecule has 2 aromatic rings. The van der Waals surface area contributed by atoms with Gasteiger partial charge in [-0.1, -0.05) is 30.3 Å². The molecule has 1 unspecified atom stereocenters. The average molecular weight is 356 g/mol. The zero-order valence-corrected chi connectivity index (χ0v) is 15.1. The Morgan fingerprint density at radius 2 is 1.96 bits per heavy atom. The van der Waals surface area contributed by atoms with Crippen LogP contribution in [0.15, 0.2) is 42.5 Å². The molecule has 26 heavy (non-hydrogen) atoms. The van der Waals surface area contributed by atoms with Gasteiger partial charge in [-0.05, 0) is 23.6 Å². The summed E-state index contributed by atoms with van der Waals surface area (Å²) >= 11 is 0. The highest BCUT2D eigenvalue weighted by molar-refractivity contribution is 5.70. The summed E-state index contributed by atoms with van der Waals surface area (Å²) in [4.78, 5) is 14.3. The van der Waals surface area contributed by atoms with E-state index in [1.807, 2.05) is 42.5 Å². The maximum Gasteiger partial charge on any atom is 0.410 e. The van der Waals surface area contributed by atoms with Gasteiger partial charge in [0.15, 0.2) is 0 Å². The Hall–Kier alpha value is -2.73. The van der Waals surface area contributed by atoms with Gasteiger partial charge >= 0.3 is 6.09 Å². The van der Waals surface area contributed by atoms with E-state index in [9.17, 15) is 4.79 Å². The number of amides is 1. The Labute approximate surface area is 153 Å². The third kappa shape index (κ3) is 3.60. The molecule has 3 rings (SSSR count). The van der Waals surface area contributed by atoms with Gasteiger partial charge in [-0.2, -0.15) is 0 Å². The molecule has 0 saturated carbocycles. The smallest absolute Gasteiger partial charge is 0.410 e. The van der Waals surface area contributed by atoms with Crippen molar-refractivity contribution in [3.63, 3.8) is 0 Å². The summed E-state index contributed by atoms with van der Waals surface area (Å²) in [6.07, 6.45) is 0.327. The third-order valence-electron chi connectivity index (χ3n) is 4.65. The van der Waals surface area contributed by atoms with Crippen LogP contribution in [0.5, 0.6) is 11.5 Å². The minimum Gasteiger partial charge on any atom is -0.497 e. The van der Waals surface area contributed by atoms with Gasteiger partial charge in [0.05, 0.1) is 20.3 Å². The van der Waals surface area contributed by atoms with Crippen LogP contribution in [0.4, 0.5) is 4.79 Å². The number of benzene rings is 2. The van der Waals surface area contributed by atoms with Gasteiger partial charge in [-0.15, -0.1) is 0 Å². The first-order valence-electron chi connectivity index (χ1n) is 8.60. The summed E-state index contributed by atoms with van der Waals surface area (Å²) in [5.74, 6) is 1.41. The largest absolute Gasteiger partial charge is 0.497 e. The first kappa shape index (κ1) is 18.1. The molecule has 0 bridgehead atoms. The zero-order valence-electron chi connectivity index (χ0n) is 15.1. The van der Waals surface area contributed by atoms with E-state index in [2.05, 4.69) is 0 Å². The lowest BCUT2D eigenvalue weighted by atomic mass is 9.91. The maximum absolute atomic E-state index is 12.7. The van der Waals surface area contributed by atoms with E-state index in [1.165, 1.54) is 0 Å². The Bertz CT molecular complexity index is 747. The van der Waals surface area contributed by atoms with Crippen LogP contribution in [0.25, 0.3) is 0 Å². The van der Waals surface area contributed by atoms with E-state index in [4.69, 9.17) is 19.9 Å². The SMILES string of the molecule is COc1cc2c(c(OC)c1)C(CN)N(C(=O)OCc1ccccc1)CC2. The van der Waals surface area contributed by atoms with Crippen molar-refractivity contribution in [3.8, 4) is 11.5 Å². The van der Waals surface area contributed by atoms with Gasteiger partial charge in [0.1, 0.15) is 18.1 Å². The number of rotatable bonds is 5. The van der Waals surface area contributed by atoms with Crippen molar-refractivity contribution in [2.24, 2.45) is 5.73 Å². The molecule has 138 valence electrons. The number of hydrogen-bond donors (Lipinski definition) is 1. The zero-order chi connectivity index (χ0) is 18.5. The quantitative estimate of drug-likeness (QED) is 0.892. The van der Waals surface area contributed by atoms with Gasteiger partial charge in [-0.3, -0.25) is 4.90 Å². The monoisotopic (exact) mass is 356 g/mol. The molecule has 1 atom stereocenters. The number of hydrogen-bond acceptors (Lipinski definition) is 5. The Morgan fingerprint density at radius 1 is 1.19 bits per heavy atom. The van der Waals surface area contributed by atoms with Crippen LogP contribution < -0.4 is 15.2 Å². The number of nitrogens with zero attached hydrogens (tertiary/aromatic N) is 1. The Kier molecular flexibility index (Phi) is 5.63. The molecule has 0 spiro atoms. The lowest BCUT2D eigenvalue weighted by Gasteiger charge is -2.36. The molecule has 1 heterocycles. The molecular weight excluding hydrogens is 332 g/mol. The minimum absolute atomic E-state index is 0.236. The summed E-state index contributed by atoms with van der Waals surface area (Å²) in [6, 6.07) is 13.1. The van der Waals surface area contributed by atoms with Crippen molar-refractivity contribution in [2.75, 3.05) is 27.3 Å². The topological polar surface area (TPSA) is 74.0 Å². The molecule has 6 heteroatoms. The summed E-state index contributed by atoms with van der Waals surface area (Å²) in [5.41, 5.74) is 8.98. The van der Waals surface area contributed by atoms with E-state index >= 15 is 0 Å². The van der Waals surface area contributed by atoms with E-state index < -0.39 is 0 Å². The van der Waals surface area contributed by atoms with Crippen molar-refractivity contribution < 1.29 is 19.0 Å². The predicted octanol–water partition coefficient (Wildman–Crippen LogP) is 2.90. The normalized spacial score (nSPS) is 16.0. The second-order valence-corrected chi connectivity index (χ2v) is 6.14. The first-order valence-corrected chi connectivity index (χ1v) is 8.60. The summed E-state index contributed by atoms with van der Waals surface area (Å²) in [7, 11) is 3.23. The molecule has 0 aliphatic carbocycles. The molecule has 1 aliphatic rings. The number of fused-ring (bicyclic) bond motifs is 1. The van der Waals surface area contributed by atoms with Gasteiger partial charge in [0.25, 0.3) is 0 Å². The molecule has 0 radical (unpaired) electrons. The maximum atomic E-state index is 12.7. The fourth-order valence-corrected chi connectivity index (χ4v) is 3.35. The Balaban J connectivity index is 1.81. The van der Waals surface area contributed by atoms with E-state index in [0.717, 1.165) is 22.4 Å². The highest BCUT2D eigenvalue weighted by Crippen LogP contribution is 2.39. The lowest BCUT2D eigenvalue weighted by Crippen LogP contribution is -2.43. The van der Waals surface area contributed by atoms with Crippen LogP contribution in [-0.4, -0.2) is 38.3 Å². The number of methoxy groups -OCH3 is 2. The Morgan fingerprint density at radius 3 is 2.62 bits per heavy atom. The molecule has 0 fully saturated rings. The molecule has 0 saturated heterocycles. The summed E-state index contributed by atoms with van der Waals surface area (Å²) in [5, 5.41) is 0. The van der Waals surface area contributed by atoms with E-state index in [0.29, 0.717) is 18.7 Å². The fourth-order valence-electron chi connectivity index (χ4n) is 3.35. The predicted molar refractivity (Wildman–Crippen MR) is 98.4 cm³/mol. The van der Waals surface area contributed by atoms with Crippen LogP contribution in [0.3, 0.4) is 0 Å². The van der Waals surface area contributed by atoms with Crippen LogP contribution in [0.2, 0.25) is 0 Å². The van der Waals surface area contributed by atoms with Gasteiger partial charge in [-0.25, -0.2) is 4.79 Å². The third-order valence-corrected chi connectivity index (χ3v) is 4.65. The van der Waals surface area contributed by atoms with Crippen molar-refractivity contribution >= 4 is 6.09 Å². The van der Waals surface area contributed by atoms with Crippen molar-refractivity contribution in [2.45, 2.75) is 19.1 Å². The molecule has 1 amide bonds. The molecule has 2 aromatic carbocycles. The summed E-state index contributed by atoms with van der Waals surface area (Å²) < 4.78 is 16.4. The molecule has 0 aromatic heterocycles. The highest BCUT2D eigenvalue weighted by Gasteiger charge is 2.33. The number of ether oxygens (including phenoxy) is 3. The average Bonchev–Trinajstić information content (AvgIpc) is 2.70. The van der Waals surface area contributed by atoms with Crippen molar-refractivity contribution in [1.29, 1.82) is 0 Å². The highest BCUT2D eigenvalue weighted by atomic mass is 16.6. The number of carbonyl (C=O) groups is 1. The van der Waals surface area contributed by atoms with Crippen LogP contribution >= 0.6 is 0 Å². The second-order valence-electron chi connectivity index (χ2n) is 6.14. The van der Waals surface area contributed by atoms with Gasteiger partial charge < -0.3 is 19.9 Å². The molecular formula is C20H24N2O4. The van der Waals surface area contributed by atoms with Crippen molar-refractivity contribution in [1.82, 2.24) is 4.90 Å². The minimum atomic E-state index is -0.368. The molecule has 2 N–H and O–H groups in total. The number of carbonyl (C=O) groups excluding carboxylic acids is 1. The van der Waals surface area contributed by atoms with Crippen molar-refractivity contribution in [3.05, 3.63) is 59.2 Å². The van der Waals surface area contributed by atoms with Crippen LogP contribution in [-0.2, 0) is 17.8 Å². The lowest BCUT2D eigenvalue weighted by molar-refractivity contribution is 0.0778. The van der Waals surface area contributed by atoms with Gasteiger partial charge in [0.2, 0.25) is 0 Å². The molecule has 6 nitrogen and oxygen atoms in total. The van der Waals surface area contributed by atoms with Crippen LogP contribution in [0.1, 0.15) is 22.7 Å². The molecule has 1 aliphatic heterocycles. The standard InChI is InChI=1S/C20H24N2O4/c1-24-16-10-15-8-9-22(17(12-21)19(15)18(11-16)25-2)20(23)26-13-14-6-4-3-5-7-14/h3-7,10-11,17H,8-9,12-13,21H2,1-2H3. The van der Waals surface area contributed by atoms with Gasteiger partial charge in [0, 0.05) is 24.7 Å². The fraction of sp³-hybridized carbons (Fsp3) is 0.350. The summed E-state index contributed by atoms with van der Waals surface area (Å²) in [6.45, 7) is 1.06. The first-order chi connectivity index (χ1) is 12.7. The second kappa shape index (κ2) is 8.10. The van der Waals surface area contributed by atoms with E-state index in [-0.39, 0.29) is 25.3 Å². The van der Waals surface area contributed by atoms with Crippen LogP contribution in [0, 0.1) is 0 Å². The number of nitrogens with two attached hydrogens (primary N) is 1. The van der Waals surface area contributed by atoms with E-state index in [1.54, 1.807) is 19.1 Å².